The Bertz CT molecular complexity index is 337. The summed E-state index contributed by atoms with van der Waals surface area (Å²) in [6, 6.07) is 5.95. The quantitative estimate of drug-likeness (QED) is 0.861. The minimum atomic E-state index is 0.393. The minimum absolute atomic E-state index is 0.393. The standard InChI is InChI=1S/C11H15BrN2S/c1-11(6-3-7-15-11)8-13-10-5-2-4-9(12)14-10/h2,4-5H,3,6-8H2,1H3,(H,13,14). The average Bonchev–Trinajstić information content (AvgIpc) is 2.63. The molecule has 4 heteroatoms. The summed E-state index contributed by atoms with van der Waals surface area (Å²) in [6.07, 6.45) is 2.65. The van der Waals surface area contributed by atoms with E-state index in [-0.39, 0.29) is 0 Å². The first-order valence-corrected chi connectivity index (χ1v) is 6.96. The normalized spacial score (nSPS) is 25.5. The van der Waals surface area contributed by atoms with Crippen LogP contribution < -0.4 is 5.32 Å². The van der Waals surface area contributed by atoms with E-state index in [9.17, 15) is 0 Å². The van der Waals surface area contributed by atoms with Crippen LogP contribution in [0.5, 0.6) is 0 Å². The van der Waals surface area contributed by atoms with Gasteiger partial charge in [-0.3, -0.25) is 0 Å². The molecule has 2 rings (SSSR count). The van der Waals surface area contributed by atoms with Gasteiger partial charge in [-0.15, -0.1) is 0 Å². The van der Waals surface area contributed by atoms with Gasteiger partial charge in [-0.1, -0.05) is 6.07 Å². The van der Waals surface area contributed by atoms with Gasteiger partial charge in [0, 0.05) is 11.3 Å². The van der Waals surface area contributed by atoms with Crippen molar-refractivity contribution >= 4 is 33.5 Å². The predicted molar refractivity (Wildman–Crippen MR) is 70.5 cm³/mol. The fraction of sp³-hybridized carbons (Fsp3) is 0.545. The molecule has 1 N–H and O–H groups in total. The number of nitrogens with zero attached hydrogens (tertiary/aromatic N) is 1. The Labute approximate surface area is 103 Å². The van der Waals surface area contributed by atoms with Crippen molar-refractivity contribution in [2.75, 3.05) is 17.6 Å². The number of anilines is 1. The lowest BCUT2D eigenvalue weighted by Gasteiger charge is -2.23. The van der Waals surface area contributed by atoms with E-state index in [0.717, 1.165) is 17.0 Å². The third-order valence-electron chi connectivity index (χ3n) is 2.66. The maximum Gasteiger partial charge on any atom is 0.127 e. The number of nitrogens with one attached hydrogen (secondary N) is 1. The molecule has 2 heterocycles. The Balaban J connectivity index is 1.92. The molecule has 0 spiro atoms. The summed E-state index contributed by atoms with van der Waals surface area (Å²) in [5, 5.41) is 3.41. The van der Waals surface area contributed by atoms with Crippen LogP contribution in [-0.4, -0.2) is 22.0 Å². The van der Waals surface area contributed by atoms with Crippen molar-refractivity contribution in [1.82, 2.24) is 4.98 Å². The van der Waals surface area contributed by atoms with Gasteiger partial charge in [0.15, 0.2) is 0 Å². The van der Waals surface area contributed by atoms with Crippen molar-refractivity contribution in [1.29, 1.82) is 0 Å². The number of halogens is 1. The van der Waals surface area contributed by atoms with Gasteiger partial charge in [0.05, 0.1) is 0 Å². The van der Waals surface area contributed by atoms with E-state index in [1.807, 2.05) is 18.2 Å². The smallest absolute Gasteiger partial charge is 0.127 e. The van der Waals surface area contributed by atoms with Crippen LogP contribution in [0.25, 0.3) is 0 Å². The summed E-state index contributed by atoms with van der Waals surface area (Å²) in [6.45, 7) is 3.33. The number of hydrogen-bond donors (Lipinski definition) is 1. The van der Waals surface area contributed by atoms with Crippen molar-refractivity contribution in [2.24, 2.45) is 0 Å². The number of rotatable bonds is 3. The van der Waals surface area contributed by atoms with Crippen LogP contribution in [0.4, 0.5) is 5.82 Å². The molecule has 0 aromatic carbocycles. The summed E-state index contributed by atoms with van der Waals surface area (Å²) in [5.74, 6) is 2.25. The fourth-order valence-corrected chi connectivity index (χ4v) is 3.35. The first kappa shape index (κ1) is 11.3. The third kappa shape index (κ3) is 3.11. The minimum Gasteiger partial charge on any atom is -0.369 e. The van der Waals surface area contributed by atoms with Gasteiger partial charge in [0.2, 0.25) is 0 Å². The molecule has 1 aromatic rings. The monoisotopic (exact) mass is 286 g/mol. The molecule has 0 amide bonds. The molecule has 1 aromatic heterocycles. The maximum absolute atomic E-state index is 4.36. The van der Waals surface area contributed by atoms with E-state index in [0.29, 0.717) is 4.75 Å². The highest BCUT2D eigenvalue weighted by Gasteiger charge is 2.29. The zero-order chi connectivity index (χ0) is 10.7. The Morgan fingerprint density at radius 1 is 1.60 bits per heavy atom. The molecule has 1 fully saturated rings. The summed E-state index contributed by atoms with van der Waals surface area (Å²) < 4.78 is 1.28. The van der Waals surface area contributed by atoms with Crippen molar-refractivity contribution in [3.05, 3.63) is 22.8 Å². The molecule has 82 valence electrons. The molecule has 0 bridgehead atoms. The molecular formula is C11H15BrN2S. The van der Waals surface area contributed by atoms with Crippen LogP contribution in [0, 0.1) is 0 Å². The highest BCUT2D eigenvalue weighted by molar-refractivity contribution is 9.10. The van der Waals surface area contributed by atoms with E-state index in [1.165, 1.54) is 18.6 Å². The van der Waals surface area contributed by atoms with E-state index < -0.39 is 0 Å². The Morgan fingerprint density at radius 3 is 3.13 bits per heavy atom. The van der Waals surface area contributed by atoms with E-state index in [1.54, 1.807) is 0 Å². The largest absolute Gasteiger partial charge is 0.369 e. The summed E-state index contributed by atoms with van der Waals surface area (Å²) >= 11 is 5.44. The molecule has 0 radical (unpaired) electrons. The van der Waals surface area contributed by atoms with E-state index >= 15 is 0 Å². The van der Waals surface area contributed by atoms with Crippen molar-refractivity contribution in [2.45, 2.75) is 24.5 Å². The molecule has 1 aliphatic rings. The first-order valence-electron chi connectivity index (χ1n) is 5.18. The molecule has 1 atom stereocenters. The van der Waals surface area contributed by atoms with Crippen LogP contribution in [-0.2, 0) is 0 Å². The number of hydrogen-bond acceptors (Lipinski definition) is 3. The predicted octanol–water partition coefficient (Wildman–Crippen LogP) is 3.54. The lowest BCUT2D eigenvalue weighted by Crippen LogP contribution is -2.27. The zero-order valence-electron chi connectivity index (χ0n) is 8.79. The van der Waals surface area contributed by atoms with E-state index in [2.05, 4.69) is 44.9 Å². The summed E-state index contributed by atoms with van der Waals surface area (Å²) in [4.78, 5) is 4.36. The lowest BCUT2D eigenvalue weighted by atomic mass is 10.1. The molecule has 15 heavy (non-hydrogen) atoms. The maximum atomic E-state index is 4.36. The van der Waals surface area contributed by atoms with Gasteiger partial charge in [-0.25, -0.2) is 4.98 Å². The molecule has 0 aliphatic carbocycles. The summed E-state index contributed by atoms with van der Waals surface area (Å²) in [7, 11) is 0. The topological polar surface area (TPSA) is 24.9 Å². The molecule has 2 nitrogen and oxygen atoms in total. The molecule has 0 saturated carbocycles. The molecule has 1 aliphatic heterocycles. The average molecular weight is 287 g/mol. The highest BCUT2D eigenvalue weighted by Crippen LogP contribution is 2.37. The van der Waals surface area contributed by atoms with Gasteiger partial charge in [0.1, 0.15) is 10.4 Å². The Morgan fingerprint density at radius 2 is 2.47 bits per heavy atom. The third-order valence-corrected chi connectivity index (χ3v) is 4.64. The first-order chi connectivity index (χ1) is 7.18. The highest BCUT2D eigenvalue weighted by atomic mass is 79.9. The van der Waals surface area contributed by atoms with Crippen molar-refractivity contribution in [3.8, 4) is 0 Å². The van der Waals surface area contributed by atoms with Gasteiger partial charge in [-0.05, 0) is 53.6 Å². The van der Waals surface area contributed by atoms with Crippen LogP contribution >= 0.6 is 27.7 Å². The van der Waals surface area contributed by atoms with Crippen molar-refractivity contribution < 1.29 is 0 Å². The fourth-order valence-electron chi connectivity index (χ4n) is 1.76. The Hall–Kier alpha value is -0.220. The SMILES string of the molecule is CC1(CNc2cccc(Br)n2)CCCS1. The van der Waals surface area contributed by atoms with Crippen LogP contribution in [0.15, 0.2) is 22.8 Å². The lowest BCUT2D eigenvalue weighted by molar-refractivity contribution is 0.633. The van der Waals surface area contributed by atoms with Crippen LogP contribution in [0.1, 0.15) is 19.8 Å². The van der Waals surface area contributed by atoms with Gasteiger partial charge >= 0.3 is 0 Å². The van der Waals surface area contributed by atoms with Gasteiger partial charge in [0.25, 0.3) is 0 Å². The van der Waals surface area contributed by atoms with Gasteiger partial charge < -0.3 is 5.32 Å². The van der Waals surface area contributed by atoms with Crippen LogP contribution in [0.3, 0.4) is 0 Å². The molecule has 1 saturated heterocycles. The second-order valence-corrected chi connectivity index (χ2v) is 6.60. The van der Waals surface area contributed by atoms with Crippen LogP contribution in [0.2, 0.25) is 0 Å². The number of pyridine rings is 1. The van der Waals surface area contributed by atoms with E-state index in [4.69, 9.17) is 0 Å². The number of thioether (sulfide) groups is 1. The summed E-state index contributed by atoms with van der Waals surface area (Å²) in [5.41, 5.74) is 0. The molecule has 1 unspecified atom stereocenters. The zero-order valence-corrected chi connectivity index (χ0v) is 11.2. The molecular weight excluding hydrogens is 272 g/mol. The Kier molecular flexibility index (Phi) is 3.57. The van der Waals surface area contributed by atoms with Gasteiger partial charge in [-0.2, -0.15) is 11.8 Å². The second-order valence-electron chi connectivity index (χ2n) is 4.10. The number of aromatic nitrogens is 1. The second kappa shape index (κ2) is 4.74. The van der Waals surface area contributed by atoms with Crippen molar-refractivity contribution in [3.63, 3.8) is 0 Å².